The van der Waals surface area contributed by atoms with Crippen molar-refractivity contribution in [3.05, 3.63) is 202 Å². The average Bonchev–Trinajstić information content (AvgIpc) is 3.66. The van der Waals surface area contributed by atoms with Gasteiger partial charge in [0, 0.05) is 19.1 Å². The Morgan fingerprint density at radius 3 is 1.66 bits per heavy atom. The molecule has 0 radical (unpaired) electrons. The van der Waals surface area contributed by atoms with Crippen LogP contribution in [0.5, 0.6) is 11.5 Å². The molecule has 0 fully saturated rings. The zero-order chi connectivity index (χ0) is 46.6. The Morgan fingerprint density at radius 1 is 0.597 bits per heavy atom. The zero-order valence-electron chi connectivity index (χ0n) is 38.8. The summed E-state index contributed by atoms with van der Waals surface area (Å²) < 4.78 is 41.0. The van der Waals surface area contributed by atoms with Crippen molar-refractivity contribution >= 4 is 11.9 Å². The minimum absolute atomic E-state index is 0.00201. The van der Waals surface area contributed by atoms with Gasteiger partial charge in [0.05, 0.1) is 37.8 Å². The maximum atomic E-state index is 14.0. The third-order valence-corrected chi connectivity index (χ3v) is 13.6. The summed E-state index contributed by atoms with van der Waals surface area (Å²) in [4.78, 5) is 25.2. The number of carbonyl (C=O) groups excluding carboxylic acids is 2. The smallest absolute Gasteiger partial charge is 0.330 e. The Kier molecular flexibility index (Phi) is 13.2. The van der Waals surface area contributed by atoms with Crippen molar-refractivity contribution in [3.8, 4) is 22.6 Å². The number of esters is 2. The largest absolute Gasteiger partial charge is 0.491 e. The minimum Gasteiger partial charge on any atom is -0.491 e. The molecule has 0 heterocycles. The zero-order valence-corrected chi connectivity index (χ0v) is 38.8. The van der Waals surface area contributed by atoms with Gasteiger partial charge in [-0.2, -0.15) is 0 Å². The molecule has 6 aromatic carbocycles. The van der Waals surface area contributed by atoms with Crippen molar-refractivity contribution in [2.75, 3.05) is 60.0 Å². The number of hydrogen-bond acceptors (Lipinski definition) is 9. The quantitative estimate of drug-likeness (QED) is 0.0446. The maximum Gasteiger partial charge on any atom is 0.330 e. The van der Waals surface area contributed by atoms with Gasteiger partial charge in [0.15, 0.2) is 0 Å². The molecule has 0 amide bonds. The van der Waals surface area contributed by atoms with Gasteiger partial charge in [-0.25, -0.2) is 4.79 Å². The van der Waals surface area contributed by atoms with Crippen LogP contribution in [0.15, 0.2) is 152 Å². The Hall–Kier alpha value is -6.52. The lowest BCUT2D eigenvalue weighted by Crippen LogP contribution is -2.52. The van der Waals surface area contributed by atoms with Crippen LogP contribution in [-0.4, -0.2) is 71.9 Å². The standard InChI is InChI=1S/C58H58O9/c1-6-54(59)66-35-31-62-29-33-64-42-24-19-39(20-25-42)57(49-16-10-7-13-44(49)45-14-8-11-17-50(45)57)40-21-26-43(27-22-40)65-34-30-63-32-36-67-55(60)53-38-47-46-15-9-12-18-51(46)58(53,61-5)52-28-23-41(37-48(47)52)56(2,3)4/h6-28,37,47,53H,1,29-36,38H2,2-5H3. The topological polar surface area (TPSA) is 98.8 Å². The molecule has 10 rings (SSSR count). The Bertz CT molecular complexity index is 2690. The predicted octanol–water partition coefficient (Wildman–Crippen LogP) is 10.5. The summed E-state index contributed by atoms with van der Waals surface area (Å²) in [6.07, 6.45) is 1.75. The van der Waals surface area contributed by atoms with Gasteiger partial charge in [0.2, 0.25) is 0 Å². The number of ether oxygens (including phenoxy) is 7. The van der Waals surface area contributed by atoms with Crippen LogP contribution in [0.4, 0.5) is 0 Å². The van der Waals surface area contributed by atoms with E-state index in [9.17, 15) is 9.59 Å². The van der Waals surface area contributed by atoms with Gasteiger partial charge in [-0.05, 0) is 97.3 Å². The van der Waals surface area contributed by atoms with Gasteiger partial charge in [-0.15, -0.1) is 0 Å². The van der Waals surface area contributed by atoms with Crippen LogP contribution in [0.1, 0.15) is 83.2 Å². The van der Waals surface area contributed by atoms with E-state index in [-0.39, 0.29) is 43.7 Å². The molecule has 0 saturated carbocycles. The molecule has 4 aliphatic rings. The number of methoxy groups -OCH3 is 1. The molecule has 9 heteroatoms. The van der Waals surface area contributed by atoms with E-state index in [0.717, 1.165) is 39.8 Å². The number of fused-ring (bicyclic) bond motifs is 4. The Labute approximate surface area is 393 Å². The van der Waals surface area contributed by atoms with Crippen LogP contribution in [0, 0.1) is 5.92 Å². The molecule has 9 nitrogen and oxygen atoms in total. The van der Waals surface area contributed by atoms with Crippen molar-refractivity contribution in [3.63, 3.8) is 0 Å². The van der Waals surface area contributed by atoms with E-state index in [1.54, 1.807) is 7.11 Å². The van der Waals surface area contributed by atoms with Crippen LogP contribution >= 0.6 is 0 Å². The lowest BCUT2D eigenvalue weighted by atomic mass is 9.56. The molecule has 3 atom stereocenters. The highest BCUT2D eigenvalue weighted by Gasteiger charge is 2.58. The molecule has 0 saturated heterocycles. The molecule has 6 aromatic rings. The molecule has 3 unspecified atom stereocenters. The van der Waals surface area contributed by atoms with E-state index in [4.69, 9.17) is 33.2 Å². The summed E-state index contributed by atoms with van der Waals surface area (Å²) in [5.74, 6) is 0.312. The fourth-order valence-corrected chi connectivity index (χ4v) is 10.6. The molecular formula is C58H58O9. The molecule has 4 aliphatic carbocycles. The van der Waals surface area contributed by atoms with Crippen molar-refractivity contribution in [2.24, 2.45) is 5.92 Å². The lowest BCUT2D eigenvalue weighted by Gasteiger charge is -2.52. The van der Waals surface area contributed by atoms with E-state index >= 15 is 0 Å². The second kappa shape index (κ2) is 19.4. The van der Waals surface area contributed by atoms with Crippen molar-refractivity contribution in [1.82, 2.24) is 0 Å². The highest BCUT2D eigenvalue weighted by atomic mass is 16.6. The van der Waals surface area contributed by atoms with E-state index in [1.807, 2.05) is 30.3 Å². The molecule has 344 valence electrons. The second-order valence-electron chi connectivity index (χ2n) is 18.3. The Balaban J connectivity index is 0.819. The van der Waals surface area contributed by atoms with E-state index in [2.05, 4.69) is 137 Å². The third kappa shape index (κ3) is 8.45. The van der Waals surface area contributed by atoms with Crippen LogP contribution in [0.2, 0.25) is 0 Å². The minimum atomic E-state index is -0.924. The number of benzene rings is 6. The summed E-state index contributed by atoms with van der Waals surface area (Å²) in [5, 5.41) is 0. The van der Waals surface area contributed by atoms with Crippen LogP contribution in [0.25, 0.3) is 11.1 Å². The third-order valence-electron chi connectivity index (χ3n) is 13.6. The first-order chi connectivity index (χ1) is 32.6. The second-order valence-corrected chi connectivity index (χ2v) is 18.3. The number of rotatable bonds is 19. The van der Waals surface area contributed by atoms with Gasteiger partial charge < -0.3 is 33.2 Å². The van der Waals surface area contributed by atoms with Crippen LogP contribution in [-0.2, 0) is 49.7 Å². The number of hydrogen-bond donors (Lipinski definition) is 0. The van der Waals surface area contributed by atoms with E-state index < -0.39 is 22.9 Å². The Morgan fingerprint density at radius 2 is 1.10 bits per heavy atom. The van der Waals surface area contributed by atoms with Gasteiger partial charge in [-0.3, -0.25) is 4.79 Å². The fraction of sp³-hybridized carbons (Fsp3) is 0.310. The van der Waals surface area contributed by atoms with Gasteiger partial charge >= 0.3 is 11.9 Å². The first-order valence-corrected chi connectivity index (χ1v) is 23.2. The first-order valence-electron chi connectivity index (χ1n) is 23.2. The monoisotopic (exact) mass is 898 g/mol. The van der Waals surface area contributed by atoms with Crippen molar-refractivity contribution in [1.29, 1.82) is 0 Å². The predicted molar refractivity (Wildman–Crippen MR) is 258 cm³/mol. The number of carbonyl (C=O) groups is 2. The van der Waals surface area contributed by atoms with Gasteiger partial charge in [0.1, 0.15) is 43.5 Å². The fourth-order valence-electron chi connectivity index (χ4n) is 10.6. The molecular weight excluding hydrogens is 841 g/mol. The van der Waals surface area contributed by atoms with E-state index in [0.29, 0.717) is 32.8 Å². The highest BCUT2D eigenvalue weighted by Crippen LogP contribution is 2.60. The van der Waals surface area contributed by atoms with Gasteiger partial charge in [0.25, 0.3) is 0 Å². The van der Waals surface area contributed by atoms with Crippen molar-refractivity contribution < 1.29 is 42.7 Å². The summed E-state index contributed by atoms with van der Waals surface area (Å²) >= 11 is 0. The van der Waals surface area contributed by atoms with Crippen LogP contribution < -0.4 is 9.47 Å². The molecule has 67 heavy (non-hydrogen) atoms. The van der Waals surface area contributed by atoms with Gasteiger partial charge in [-0.1, -0.05) is 143 Å². The normalized spacial score (nSPS) is 18.2. The van der Waals surface area contributed by atoms with E-state index in [1.165, 1.54) is 38.9 Å². The molecule has 0 spiro atoms. The maximum absolute atomic E-state index is 14.0. The summed E-state index contributed by atoms with van der Waals surface area (Å²) in [6, 6.07) is 48.8. The SMILES string of the molecule is C=CC(=O)OCCOCCOc1ccc(C2(c3ccc(OCCOCCOC(=O)C4CC5c6ccccc6C4(OC)c4ccc(C(C)(C)C)cc45)cc3)c3ccccc3-c3ccccc32)cc1. The summed E-state index contributed by atoms with van der Waals surface area (Å²) in [7, 11) is 1.71. The molecule has 0 aromatic heterocycles. The average molecular weight is 899 g/mol. The molecule has 0 N–H and O–H groups in total. The van der Waals surface area contributed by atoms with Crippen molar-refractivity contribution in [2.45, 2.75) is 49.5 Å². The van der Waals surface area contributed by atoms with Crippen LogP contribution in [0.3, 0.4) is 0 Å². The summed E-state index contributed by atoms with van der Waals surface area (Å²) in [5.41, 5.74) is 11.3. The lowest BCUT2D eigenvalue weighted by molar-refractivity contribution is -0.164. The molecule has 0 aliphatic heterocycles. The first kappa shape index (κ1) is 45.6. The molecule has 2 bridgehead atoms. The highest BCUT2D eigenvalue weighted by molar-refractivity contribution is 5.86. The summed E-state index contributed by atoms with van der Waals surface area (Å²) in [6.45, 7) is 12.3.